The molecule has 5 heteroatoms. The molecule has 0 aliphatic heterocycles. The summed E-state index contributed by atoms with van der Waals surface area (Å²) in [6, 6.07) is 2.92. The number of nitriles is 1. The summed E-state index contributed by atoms with van der Waals surface area (Å²) in [6.07, 6.45) is 11.1. The minimum atomic E-state index is -0.263. The first-order chi connectivity index (χ1) is 13.8. The van der Waals surface area contributed by atoms with Crippen LogP contribution in [0.3, 0.4) is 0 Å². The molecule has 0 aromatic heterocycles. The van der Waals surface area contributed by atoms with E-state index < -0.39 is 0 Å². The Labute approximate surface area is 181 Å². The maximum absolute atomic E-state index is 11.7. The van der Waals surface area contributed by atoms with Crippen LogP contribution in [0.2, 0.25) is 0 Å². The zero-order valence-electron chi connectivity index (χ0n) is 18.3. The number of esters is 1. The molecule has 4 aliphatic rings. The summed E-state index contributed by atoms with van der Waals surface area (Å²) in [6.45, 7) is 5.62. The van der Waals surface area contributed by atoms with E-state index in [1.165, 1.54) is 44.9 Å². The van der Waals surface area contributed by atoms with E-state index in [4.69, 9.17) is 16.3 Å². The van der Waals surface area contributed by atoms with Crippen molar-refractivity contribution < 1.29 is 9.53 Å². The van der Waals surface area contributed by atoms with Crippen molar-refractivity contribution in [2.45, 2.75) is 83.8 Å². The smallest absolute Gasteiger partial charge is 0.321 e. The molecule has 0 amide bonds. The number of fused-ring (bicyclic) bond motifs is 5. The van der Waals surface area contributed by atoms with E-state index in [9.17, 15) is 10.1 Å². The topological polar surface area (TPSA) is 53.3 Å². The molecule has 0 radical (unpaired) electrons. The normalized spacial score (nSPS) is 46.3. The Morgan fingerprint density at radius 3 is 2.55 bits per heavy atom. The third-order valence-corrected chi connectivity index (χ3v) is 10.0. The molecule has 0 aromatic rings. The highest BCUT2D eigenvalue weighted by Gasteiger charge is 2.60. The lowest BCUT2D eigenvalue weighted by molar-refractivity contribution is -0.159. The van der Waals surface area contributed by atoms with E-state index in [1.807, 2.05) is 0 Å². The van der Waals surface area contributed by atoms with Crippen LogP contribution in [0.1, 0.15) is 71.6 Å². The van der Waals surface area contributed by atoms with Crippen LogP contribution in [0, 0.1) is 45.8 Å². The number of carbonyl (C=O) groups is 1. The van der Waals surface area contributed by atoms with Crippen LogP contribution in [0.4, 0.5) is 0 Å². The Morgan fingerprint density at radius 1 is 1.10 bits per heavy atom. The third-order valence-electron chi connectivity index (χ3n) is 9.83. The van der Waals surface area contributed by atoms with Gasteiger partial charge in [-0.3, -0.25) is 9.69 Å². The van der Waals surface area contributed by atoms with Crippen molar-refractivity contribution in [3.8, 4) is 6.07 Å². The summed E-state index contributed by atoms with van der Waals surface area (Å²) in [7, 11) is 2.15. The van der Waals surface area contributed by atoms with Crippen LogP contribution in [-0.4, -0.2) is 42.5 Å². The van der Waals surface area contributed by atoms with Gasteiger partial charge in [-0.1, -0.05) is 13.8 Å². The molecular formula is C24H37ClN2O2. The van der Waals surface area contributed by atoms with Gasteiger partial charge in [0.15, 0.2) is 0 Å². The van der Waals surface area contributed by atoms with Gasteiger partial charge in [-0.25, -0.2) is 0 Å². The van der Waals surface area contributed by atoms with Crippen molar-refractivity contribution in [3.05, 3.63) is 0 Å². The second-order valence-electron chi connectivity index (χ2n) is 10.9. The monoisotopic (exact) mass is 420 g/mol. The molecule has 4 saturated carbocycles. The van der Waals surface area contributed by atoms with E-state index >= 15 is 0 Å². The molecule has 0 spiro atoms. The SMILES string of the molecule is CN(CC#N)[C@H]1CC[C@@H]2[C@H]3CC[C@@H]4C[C@H](OC(=O)CCl)CC[C@@]4(C)[C@@H]3CC[C@@]21C. The summed E-state index contributed by atoms with van der Waals surface area (Å²) in [5.74, 6) is 2.82. The number of hydrogen-bond acceptors (Lipinski definition) is 4. The van der Waals surface area contributed by atoms with Gasteiger partial charge >= 0.3 is 5.97 Å². The quantitative estimate of drug-likeness (QED) is 0.364. The first kappa shape index (κ1) is 21.4. The molecule has 4 nitrogen and oxygen atoms in total. The molecule has 4 fully saturated rings. The summed E-state index contributed by atoms with van der Waals surface area (Å²) in [5.41, 5.74) is 0.758. The lowest BCUT2D eigenvalue weighted by atomic mass is 9.45. The van der Waals surface area contributed by atoms with Crippen molar-refractivity contribution in [3.63, 3.8) is 0 Å². The van der Waals surface area contributed by atoms with Gasteiger partial charge < -0.3 is 4.74 Å². The van der Waals surface area contributed by atoms with Crippen LogP contribution >= 0.6 is 11.6 Å². The standard InChI is InChI=1S/C24H37ClN2O2/c1-23-10-8-17(29-22(28)15-25)14-16(23)4-5-18-19-6-7-21(27(3)13-12-26)24(19,2)11-9-20(18)23/h16-21H,4-11,13-15H2,1-3H3/t16-,17-,18-,19-,20-,21+,23-,24+/m1/s1. The van der Waals surface area contributed by atoms with Gasteiger partial charge in [-0.15, -0.1) is 11.6 Å². The number of halogens is 1. The number of alkyl halides is 1. The second-order valence-corrected chi connectivity index (χ2v) is 11.2. The Hall–Kier alpha value is -0.790. The fourth-order valence-corrected chi connectivity index (χ4v) is 8.52. The van der Waals surface area contributed by atoms with E-state index in [0.29, 0.717) is 29.3 Å². The molecule has 0 aromatic carbocycles. The predicted molar refractivity (Wildman–Crippen MR) is 114 cm³/mol. The van der Waals surface area contributed by atoms with Gasteiger partial charge in [-0.2, -0.15) is 5.26 Å². The molecule has 8 atom stereocenters. The van der Waals surface area contributed by atoms with Crippen molar-refractivity contribution in [1.82, 2.24) is 4.90 Å². The summed E-state index contributed by atoms with van der Waals surface area (Å²) in [5, 5.41) is 9.19. The summed E-state index contributed by atoms with van der Waals surface area (Å²) < 4.78 is 5.62. The average molecular weight is 421 g/mol. The highest BCUT2D eigenvalue weighted by atomic mass is 35.5. The van der Waals surface area contributed by atoms with Crippen LogP contribution in [-0.2, 0) is 9.53 Å². The van der Waals surface area contributed by atoms with Crippen molar-refractivity contribution in [2.75, 3.05) is 19.5 Å². The first-order valence-corrected chi connectivity index (χ1v) is 12.2. The fraction of sp³-hybridized carbons (Fsp3) is 0.917. The third kappa shape index (κ3) is 3.51. The largest absolute Gasteiger partial charge is 0.461 e. The van der Waals surface area contributed by atoms with Crippen molar-refractivity contribution in [1.29, 1.82) is 5.26 Å². The Morgan fingerprint density at radius 2 is 1.83 bits per heavy atom. The van der Waals surface area contributed by atoms with Gasteiger partial charge in [0.2, 0.25) is 0 Å². The number of rotatable bonds is 4. The van der Waals surface area contributed by atoms with Crippen molar-refractivity contribution in [2.24, 2.45) is 34.5 Å². The molecule has 29 heavy (non-hydrogen) atoms. The number of nitrogens with zero attached hydrogens (tertiary/aromatic N) is 2. The Kier molecular flexibility index (Phi) is 5.95. The van der Waals surface area contributed by atoms with Crippen LogP contribution in [0.15, 0.2) is 0 Å². The molecule has 4 rings (SSSR count). The maximum Gasteiger partial charge on any atom is 0.321 e. The lowest BCUT2D eigenvalue weighted by Crippen LogP contribution is -2.56. The highest BCUT2D eigenvalue weighted by molar-refractivity contribution is 6.26. The van der Waals surface area contributed by atoms with E-state index in [0.717, 1.165) is 30.6 Å². The van der Waals surface area contributed by atoms with E-state index in [2.05, 4.69) is 31.9 Å². The minimum Gasteiger partial charge on any atom is -0.461 e. The number of carbonyl (C=O) groups excluding carboxylic acids is 1. The summed E-state index contributed by atoms with van der Waals surface area (Å²) >= 11 is 5.65. The fourth-order valence-electron chi connectivity index (χ4n) is 8.46. The first-order valence-electron chi connectivity index (χ1n) is 11.7. The predicted octanol–water partition coefficient (Wildman–Crippen LogP) is 5.00. The minimum absolute atomic E-state index is 0.0369. The van der Waals surface area contributed by atoms with Crippen LogP contribution in [0.25, 0.3) is 0 Å². The average Bonchev–Trinajstić information content (AvgIpc) is 3.05. The Bertz CT molecular complexity index is 678. The van der Waals surface area contributed by atoms with Gasteiger partial charge in [0, 0.05) is 6.04 Å². The zero-order chi connectivity index (χ0) is 20.8. The van der Waals surface area contributed by atoms with E-state index in [1.54, 1.807) is 0 Å². The summed E-state index contributed by atoms with van der Waals surface area (Å²) in [4.78, 5) is 14.0. The van der Waals surface area contributed by atoms with Gasteiger partial charge in [-0.05, 0) is 99.3 Å². The Balaban J connectivity index is 1.49. The number of hydrogen-bond donors (Lipinski definition) is 0. The maximum atomic E-state index is 11.7. The molecule has 0 N–H and O–H groups in total. The van der Waals surface area contributed by atoms with Crippen molar-refractivity contribution >= 4 is 17.6 Å². The zero-order valence-corrected chi connectivity index (χ0v) is 19.1. The van der Waals surface area contributed by atoms with Crippen LogP contribution in [0.5, 0.6) is 0 Å². The number of ether oxygens (including phenoxy) is 1. The molecular weight excluding hydrogens is 384 g/mol. The highest BCUT2D eigenvalue weighted by Crippen LogP contribution is 2.66. The molecule has 0 bridgehead atoms. The van der Waals surface area contributed by atoms with E-state index in [-0.39, 0.29) is 18.0 Å². The molecule has 4 aliphatic carbocycles. The van der Waals surface area contributed by atoms with Crippen LogP contribution < -0.4 is 0 Å². The van der Waals surface area contributed by atoms with Gasteiger partial charge in [0.05, 0.1) is 12.6 Å². The molecule has 0 unspecified atom stereocenters. The van der Waals surface area contributed by atoms with Gasteiger partial charge in [0.1, 0.15) is 12.0 Å². The lowest BCUT2D eigenvalue weighted by Gasteiger charge is -2.61. The van der Waals surface area contributed by atoms with Gasteiger partial charge in [0.25, 0.3) is 0 Å². The second kappa shape index (κ2) is 8.04. The molecule has 162 valence electrons. The molecule has 0 heterocycles. The molecule has 0 saturated heterocycles.